The van der Waals surface area contributed by atoms with E-state index in [9.17, 15) is 0 Å². The van der Waals surface area contributed by atoms with Gasteiger partial charge in [-0.3, -0.25) is 4.90 Å². The number of methoxy groups -OCH3 is 1. The molecule has 0 spiro atoms. The van der Waals surface area contributed by atoms with Gasteiger partial charge in [-0.1, -0.05) is 18.2 Å². The summed E-state index contributed by atoms with van der Waals surface area (Å²) >= 11 is 0. The van der Waals surface area contributed by atoms with E-state index in [0.29, 0.717) is 6.79 Å². The maximum absolute atomic E-state index is 5.54. The van der Waals surface area contributed by atoms with Crippen molar-refractivity contribution in [2.75, 3.05) is 46.6 Å². The van der Waals surface area contributed by atoms with Gasteiger partial charge in [-0.15, -0.1) is 0 Å². The van der Waals surface area contributed by atoms with Gasteiger partial charge in [-0.05, 0) is 24.1 Å². The van der Waals surface area contributed by atoms with E-state index in [1.165, 1.54) is 16.5 Å². The fourth-order valence-electron chi connectivity index (χ4n) is 4.30. The summed E-state index contributed by atoms with van der Waals surface area (Å²) in [6.07, 6.45) is 3.16. The largest absolute Gasteiger partial charge is 0.496 e. The molecule has 0 saturated carbocycles. The van der Waals surface area contributed by atoms with Crippen LogP contribution in [0.25, 0.3) is 10.9 Å². The molecule has 3 aromatic rings. The molecular formula is C23H27N3O3. The molecule has 0 bridgehead atoms. The van der Waals surface area contributed by atoms with Crippen LogP contribution in [0, 0.1) is 0 Å². The van der Waals surface area contributed by atoms with Gasteiger partial charge in [0.1, 0.15) is 5.75 Å². The zero-order valence-electron chi connectivity index (χ0n) is 16.8. The lowest BCUT2D eigenvalue weighted by atomic mass is 10.1. The second-order valence-electron chi connectivity index (χ2n) is 7.74. The Morgan fingerprint density at radius 1 is 0.966 bits per heavy atom. The van der Waals surface area contributed by atoms with Crippen LogP contribution in [0.5, 0.6) is 17.2 Å². The van der Waals surface area contributed by atoms with Crippen molar-refractivity contribution in [3.63, 3.8) is 0 Å². The van der Waals surface area contributed by atoms with Gasteiger partial charge in [0.2, 0.25) is 6.79 Å². The standard InChI is InChI=1S/C23H27N3O3/c1-27-21-5-3-2-4-18(21)15-26-10-8-25(9-11-26)7-6-17-14-24-20-13-23-22(12-19(17)20)28-16-29-23/h2-5,12-14,24H,6-11,15-16H2,1H3. The second-order valence-corrected chi connectivity index (χ2v) is 7.74. The third kappa shape index (κ3) is 3.78. The molecule has 2 aromatic carbocycles. The van der Waals surface area contributed by atoms with E-state index in [4.69, 9.17) is 14.2 Å². The lowest BCUT2D eigenvalue weighted by molar-refractivity contribution is 0.127. The summed E-state index contributed by atoms with van der Waals surface area (Å²) in [5.41, 5.74) is 3.72. The van der Waals surface area contributed by atoms with Crippen molar-refractivity contribution in [2.24, 2.45) is 0 Å². The highest BCUT2D eigenvalue weighted by Gasteiger charge is 2.20. The molecule has 5 rings (SSSR count). The van der Waals surface area contributed by atoms with Crippen molar-refractivity contribution in [2.45, 2.75) is 13.0 Å². The summed E-state index contributed by atoms with van der Waals surface area (Å²) in [6, 6.07) is 12.5. The van der Waals surface area contributed by atoms with Gasteiger partial charge in [0.25, 0.3) is 0 Å². The van der Waals surface area contributed by atoms with Crippen molar-refractivity contribution in [3.05, 3.63) is 53.7 Å². The molecular weight excluding hydrogens is 366 g/mol. The van der Waals surface area contributed by atoms with Crippen LogP contribution in [0.1, 0.15) is 11.1 Å². The number of H-pyrrole nitrogens is 1. The van der Waals surface area contributed by atoms with Gasteiger partial charge in [0.05, 0.1) is 7.11 Å². The van der Waals surface area contributed by atoms with Crippen LogP contribution in [0.2, 0.25) is 0 Å². The Hall–Kier alpha value is -2.70. The number of fused-ring (bicyclic) bond motifs is 2. The Labute approximate surface area is 171 Å². The van der Waals surface area contributed by atoms with E-state index >= 15 is 0 Å². The van der Waals surface area contributed by atoms with Crippen molar-refractivity contribution in [1.82, 2.24) is 14.8 Å². The number of nitrogens with one attached hydrogen (secondary N) is 1. The first-order chi connectivity index (χ1) is 14.3. The Kier molecular flexibility index (Phi) is 5.04. The summed E-state index contributed by atoms with van der Waals surface area (Å²) in [5.74, 6) is 2.66. The number of aromatic nitrogens is 1. The van der Waals surface area contributed by atoms with Gasteiger partial charge in [0.15, 0.2) is 11.5 Å². The van der Waals surface area contributed by atoms with Crippen LogP contribution in [0.4, 0.5) is 0 Å². The lowest BCUT2D eigenvalue weighted by Gasteiger charge is -2.34. The number of rotatable bonds is 6. The minimum atomic E-state index is 0.316. The van der Waals surface area contributed by atoms with Crippen molar-refractivity contribution < 1.29 is 14.2 Å². The number of hydrogen-bond donors (Lipinski definition) is 1. The van der Waals surface area contributed by atoms with E-state index < -0.39 is 0 Å². The molecule has 1 saturated heterocycles. The summed E-state index contributed by atoms with van der Waals surface area (Å²) in [5, 5.41) is 1.24. The number of para-hydroxylation sites is 1. The number of hydrogen-bond acceptors (Lipinski definition) is 5. The van der Waals surface area contributed by atoms with Gasteiger partial charge in [-0.25, -0.2) is 0 Å². The second kappa shape index (κ2) is 7.97. The smallest absolute Gasteiger partial charge is 0.231 e. The quantitative estimate of drug-likeness (QED) is 0.697. The highest BCUT2D eigenvalue weighted by molar-refractivity contribution is 5.87. The summed E-state index contributed by atoms with van der Waals surface area (Å²) in [7, 11) is 1.74. The molecule has 0 aliphatic carbocycles. The fraction of sp³-hybridized carbons (Fsp3) is 0.391. The molecule has 2 aliphatic rings. The number of nitrogens with zero attached hydrogens (tertiary/aromatic N) is 2. The monoisotopic (exact) mass is 393 g/mol. The molecule has 1 N–H and O–H groups in total. The maximum Gasteiger partial charge on any atom is 0.231 e. The van der Waals surface area contributed by atoms with Gasteiger partial charge >= 0.3 is 0 Å². The normalized spacial score (nSPS) is 17.1. The molecule has 0 atom stereocenters. The van der Waals surface area contributed by atoms with Gasteiger partial charge in [-0.2, -0.15) is 0 Å². The molecule has 0 radical (unpaired) electrons. The SMILES string of the molecule is COc1ccccc1CN1CCN(CCc2c[nH]c3cc4c(cc23)OCO4)CC1. The molecule has 2 aliphatic heterocycles. The zero-order valence-corrected chi connectivity index (χ0v) is 16.8. The topological polar surface area (TPSA) is 50.0 Å². The Morgan fingerprint density at radius 3 is 2.55 bits per heavy atom. The van der Waals surface area contributed by atoms with Crippen LogP contribution in [-0.4, -0.2) is 61.4 Å². The Balaban J connectivity index is 1.16. The van der Waals surface area contributed by atoms with Crippen LogP contribution in [-0.2, 0) is 13.0 Å². The average Bonchev–Trinajstić information content (AvgIpc) is 3.38. The molecule has 0 unspecified atom stereocenters. The van der Waals surface area contributed by atoms with Crippen molar-refractivity contribution in [1.29, 1.82) is 0 Å². The molecule has 0 amide bonds. The fourth-order valence-corrected chi connectivity index (χ4v) is 4.30. The first-order valence-corrected chi connectivity index (χ1v) is 10.3. The van der Waals surface area contributed by atoms with Crippen molar-refractivity contribution >= 4 is 10.9 Å². The number of aromatic amines is 1. The maximum atomic E-state index is 5.54. The average molecular weight is 393 g/mol. The highest BCUT2D eigenvalue weighted by atomic mass is 16.7. The molecule has 152 valence electrons. The van der Waals surface area contributed by atoms with Crippen LogP contribution in [0.3, 0.4) is 0 Å². The third-order valence-electron chi connectivity index (χ3n) is 6.01. The number of ether oxygens (including phenoxy) is 3. The molecule has 29 heavy (non-hydrogen) atoms. The summed E-state index contributed by atoms with van der Waals surface area (Å²) in [6.45, 7) is 6.72. The van der Waals surface area contributed by atoms with Crippen molar-refractivity contribution in [3.8, 4) is 17.2 Å². The zero-order chi connectivity index (χ0) is 19.6. The molecule has 6 nitrogen and oxygen atoms in total. The minimum Gasteiger partial charge on any atom is -0.496 e. The van der Waals surface area contributed by atoms with Crippen LogP contribution >= 0.6 is 0 Å². The van der Waals surface area contributed by atoms with Crippen LogP contribution in [0.15, 0.2) is 42.6 Å². The van der Waals surface area contributed by atoms with Gasteiger partial charge in [0, 0.05) is 68.0 Å². The molecule has 3 heterocycles. The predicted octanol–water partition coefficient (Wildman–Crippen LogP) is 3.27. The molecule has 6 heteroatoms. The first kappa shape index (κ1) is 18.3. The predicted molar refractivity (Wildman–Crippen MR) is 113 cm³/mol. The van der Waals surface area contributed by atoms with E-state index in [2.05, 4.69) is 39.2 Å². The number of piperazine rings is 1. The Morgan fingerprint density at radius 2 is 1.72 bits per heavy atom. The third-order valence-corrected chi connectivity index (χ3v) is 6.01. The van der Waals surface area contributed by atoms with E-state index in [1.54, 1.807) is 7.11 Å². The molecule has 1 aromatic heterocycles. The first-order valence-electron chi connectivity index (χ1n) is 10.3. The van der Waals surface area contributed by atoms with Crippen LogP contribution < -0.4 is 14.2 Å². The lowest BCUT2D eigenvalue weighted by Crippen LogP contribution is -2.46. The van der Waals surface area contributed by atoms with E-state index in [0.717, 1.165) is 68.5 Å². The van der Waals surface area contributed by atoms with E-state index in [1.807, 2.05) is 18.2 Å². The van der Waals surface area contributed by atoms with Gasteiger partial charge < -0.3 is 24.1 Å². The summed E-state index contributed by atoms with van der Waals surface area (Å²) < 4.78 is 16.5. The Bertz CT molecular complexity index is 992. The van der Waals surface area contributed by atoms with E-state index in [-0.39, 0.29) is 0 Å². The molecule has 1 fully saturated rings. The number of benzene rings is 2. The summed E-state index contributed by atoms with van der Waals surface area (Å²) in [4.78, 5) is 8.45. The minimum absolute atomic E-state index is 0.316. The highest BCUT2D eigenvalue weighted by Crippen LogP contribution is 2.37.